The molecule has 6 heteroatoms. The summed E-state index contributed by atoms with van der Waals surface area (Å²) in [5.74, 6) is 0.507. The molecule has 1 aliphatic carbocycles. The highest BCUT2D eigenvalue weighted by atomic mass is 16.6. The van der Waals surface area contributed by atoms with E-state index in [1.807, 2.05) is 49.4 Å². The zero-order chi connectivity index (χ0) is 21.8. The summed E-state index contributed by atoms with van der Waals surface area (Å²) in [7, 11) is 0. The Morgan fingerprint density at radius 3 is 2.16 bits per heavy atom. The van der Waals surface area contributed by atoms with E-state index in [0.29, 0.717) is 11.4 Å². The number of fused-ring (bicyclic) bond motifs is 3. The molecule has 1 atom stereocenters. The third kappa shape index (κ3) is 4.59. The van der Waals surface area contributed by atoms with Crippen molar-refractivity contribution in [2.24, 2.45) is 5.16 Å². The summed E-state index contributed by atoms with van der Waals surface area (Å²) < 4.78 is 5.70. The number of carbonyl (C=O) groups is 1. The highest BCUT2D eigenvalue weighted by Crippen LogP contribution is 2.36. The van der Waals surface area contributed by atoms with E-state index < -0.39 is 6.10 Å². The Kier molecular flexibility index (Phi) is 6.00. The summed E-state index contributed by atoms with van der Waals surface area (Å²) in [5, 5.41) is 17.3. The number of anilines is 1. The standard InChI is InChI=1S/C25H24N2O4/c1-16-13-18(26-17(2)28)11-12-24(16)30-14-19(29)15-31-27-25-22-9-5-3-7-20(22)21-8-4-6-10-23(21)25/h3-13,19,29H,14-15H2,1-2H3,(H,26,28). The van der Waals surface area contributed by atoms with Gasteiger partial charge in [-0.2, -0.15) is 0 Å². The van der Waals surface area contributed by atoms with Crippen molar-refractivity contribution in [1.82, 2.24) is 0 Å². The zero-order valence-electron chi connectivity index (χ0n) is 17.5. The summed E-state index contributed by atoms with van der Waals surface area (Å²) >= 11 is 0. The maximum Gasteiger partial charge on any atom is 0.221 e. The number of aliphatic hydroxyl groups is 1. The Balaban J connectivity index is 1.36. The van der Waals surface area contributed by atoms with E-state index in [-0.39, 0.29) is 19.1 Å². The Morgan fingerprint density at radius 2 is 1.58 bits per heavy atom. The second kappa shape index (κ2) is 9.02. The van der Waals surface area contributed by atoms with Crippen molar-refractivity contribution in [3.05, 3.63) is 83.4 Å². The molecule has 6 nitrogen and oxygen atoms in total. The Bertz CT molecular complexity index is 1090. The lowest BCUT2D eigenvalue weighted by Crippen LogP contribution is -2.23. The van der Waals surface area contributed by atoms with E-state index >= 15 is 0 Å². The van der Waals surface area contributed by atoms with Crippen LogP contribution in [-0.4, -0.2) is 36.0 Å². The van der Waals surface area contributed by atoms with Crippen LogP contribution >= 0.6 is 0 Å². The van der Waals surface area contributed by atoms with E-state index in [2.05, 4.69) is 22.6 Å². The van der Waals surface area contributed by atoms with Gasteiger partial charge >= 0.3 is 0 Å². The van der Waals surface area contributed by atoms with Gasteiger partial charge in [0.1, 0.15) is 30.8 Å². The molecular formula is C25H24N2O4. The van der Waals surface area contributed by atoms with Crippen molar-refractivity contribution < 1.29 is 19.5 Å². The minimum absolute atomic E-state index is 0.0108. The Hall–Kier alpha value is -3.64. The van der Waals surface area contributed by atoms with Gasteiger partial charge < -0.3 is 20.0 Å². The molecule has 1 unspecified atom stereocenters. The second-order valence-corrected chi connectivity index (χ2v) is 7.45. The van der Waals surface area contributed by atoms with E-state index in [9.17, 15) is 9.90 Å². The normalized spacial score (nSPS) is 12.5. The van der Waals surface area contributed by atoms with Crippen LogP contribution in [0.15, 0.2) is 71.9 Å². The second-order valence-electron chi connectivity index (χ2n) is 7.45. The molecule has 3 aromatic rings. The Morgan fingerprint density at radius 1 is 0.968 bits per heavy atom. The molecule has 0 aromatic heterocycles. The van der Waals surface area contributed by atoms with Gasteiger partial charge in [-0.3, -0.25) is 4.79 Å². The lowest BCUT2D eigenvalue weighted by molar-refractivity contribution is -0.114. The molecular weight excluding hydrogens is 392 g/mol. The molecule has 4 rings (SSSR count). The minimum atomic E-state index is -0.842. The van der Waals surface area contributed by atoms with E-state index in [0.717, 1.165) is 33.5 Å². The van der Waals surface area contributed by atoms with Crippen molar-refractivity contribution in [3.8, 4) is 16.9 Å². The molecule has 3 aromatic carbocycles. The molecule has 0 spiro atoms. The van der Waals surface area contributed by atoms with Crippen LogP contribution in [0.1, 0.15) is 23.6 Å². The molecule has 0 saturated heterocycles. The van der Waals surface area contributed by atoms with Crippen molar-refractivity contribution in [2.75, 3.05) is 18.5 Å². The number of aliphatic hydroxyl groups excluding tert-OH is 1. The summed E-state index contributed by atoms with van der Waals surface area (Å²) in [6, 6.07) is 21.5. The van der Waals surface area contributed by atoms with Gasteiger partial charge in [-0.25, -0.2) is 0 Å². The van der Waals surface area contributed by atoms with Crippen molar-refractivity contribution in [3.63, 3.8) is 0 Å². The number of benzene rings is 3. The fourth-order valence-corrected chi connectivity index (χ4v) is 3.61. The largest absolute Gasteiger partial charge is 0.490 e. The molecule has 1 aliphatic rings. The number of amides is 1. The van der Waals surface area contributed by atoms with Gasteiger partial charge in [0.2, 0.25) is 5.91 Å². The van der Waals surface area contributed by atoms with Crippen molar-refractivity contribution in [2.45, 2.75) is 20.0 Å². The van der Waals surface area contributed by atoms with Crippen LogP contribution in [-0.2, 0) is 9.63 Å². The van der Waals surface area contributed by atoms with Crippen molar-refractivity contribution in [1.29, 1.82) is 0 Å². The lowest BCUT2D eigenvalue weighted by atomic mass is 10.1. The molecule has 2 N–H and O–H groups in total. The average Bonchev–Trinajstić information content (AvgIpc) is 3.07. The molecule has 0 saturated carbocycles. The summed E-state index contributed by atoms with van der Waals surface area (Å²) in [6.07, 6.45) is -0.842. The first-order valence-electron chi connectivity index (χ1n) is 10.1. The van der Waals surface area contributed by atoms with Crippen LogP contribution in [0.5, 0.6) is 5.75 Å². The van der Waals surface area contributed by atoms with Crippen LogP contribution in [0.2, 0.25) is 0 Å². The number of nitrogens with one attached hydrogen (secondary N) is 1. The summed E-state index contributed by atoms with van der Waals surface area (Å²) in [5.41, 5.74) is 6.62. The molecule has 0 bridgehead atoms. The third-order valence-corrected chi connectivity index (χ3v) is 5.00. The molecule has 0 aliphatic heterocycles. The van der Waals surface area contributed by atoms with Crippen LogP contribution in [0.25, 0.3) is 11.1 Å². The van der Waals surface area contributed by atoms with Gasteiger partial charge in [0.05, 0.1) is 0 Å². The molecule has 0 heterocycles. The van der Waals surface area contributed by atoms with E-state index in [1.54, 1.807) is 12.1 Å². The van der Waals surface area contributed by atoms with Crippen molar-refractivity contribution >= 4 is 17.3 Å². The number of oxime groups is 1. The van der Waals surface area contributed by atoms with Crippen LogP contribution < -0.4 is 10.1 Å². The zero-order valence-corrected chi connectivity index (χ0v) is 17.5. The topological polar surface area (TPSA) is 80.2 Å². The fourth-order valence-electron chi connectivity index (χ4n) is 3.61. The van der Waals surface area contributed by atoms with Crippen LogP contribution in [0.4, 0.5) is 5.69 Å². The van der Waals surface area contributed by atoms with Gasteiger partial charge in [0.15, 0.2) is 0 Å². The maximum atomic E-state index is 11.2. The third-order valence-electron chi connectivity index (χ3n) is 5.00. The highest BCUT2D eigenvalue weighted by molar-refractivity contribution is 6.24. The number of rotatable bonds is 7. The first kappa shape index (κ1) is 20.6. The number of hydrogen-bond donors (Lipinski definition) is 2. The fraction of sp³-hybridized carbons (Fsp3) is 0.200. The minimum Gasteiger partial charge on any atom is -0.490 e. The monoisotopic (exact) mass is 416 g/mol. The molecule has 31 heavy (non-hydrogen) atoms. The summed E-state index contributed by atoms with van der Waals surface area (Å²) in [6.45, 7) is 3.42. The Labute approximate surface area is 181 Å². The average molecular weight is 416 g/mol. The van der Waals surface area contributed by atoms with Gasteiger partial charge in [0.25, 0.3) is 0 Å². The number of hydrogen-bond acceptors (Lipinski definition) is 5. The number of nitrogens with zero attached hydrogens (tertiary/aromatic N) is 1. The lowest BCUT2D eigenvalue weighted by Gasteiger charge is -2.14. The predicted octanol–water partition coefficient (Wildman–Crippen LogP) is 4.14. The number of ether oxygens (including phenoxy) is 1. The van der Waals surface area contributed by atoms with Crippen LogP contribution in [0.3, 0.4) is 0 Å². The quantitative estimate of drug-likeness (QED) is 0.444. The van der Waals surface area contributed by atoms with Crippen LogP contribution in [0, 0.1) is 6.92 Å². The molecule has 1 amide bonds. The van der Waals surface area contributed by atoms with Gasteiger partial charge in [-0.05, 0) is 41.8 Å². The first-order chi connectivity index (χ1) is 15.0. The highest BCUT2D eigenvalue weighted by Gasteiger charge is 2.24. The van der Waals surface area contributed by atoms with Gasteiger partial charge in [0, 0.05) is 23.7 Å². The first-order valence-corrected chi connectivity index (χ1v) is 10.1. The molecule has 0 fully saturated rings. The smallest absolute Gasteiger partial charge is 0.221 e. The summed E-state index contributed by atoms with van der Waals surface area (Å²) in [4.78, 5) is 16.6. The number of aryl methyl sites for hydroxylation is 1. The number of carbonyl (C=O) groups excluding carboxylic acids is 1. The molecule has 0 radical (unpaired) electrons. The van der Waals surface area contributed by atoms with Gasteiger partial charge in [-0.1, -0.05) is 53.7 Å². The van der Waals surface area contributed by atoms with Gasteiger partial charge in [-0.15, -0.1) is 0 Å². The SMILES string of the molecule is CC(=O)Nc1ccc(OCC(O)CON=C2c3ccccc3-c3ccccc32)c(C)c1. The molecule has 158 valence electrons. The maximum absolute atomic E-state index is 11.2. The predicted molar refractivity (Wildman–Crippen MR) is 120 cm³/mol. The van der Waals surface area contributed by atoms with E-state index in [4.69, 9.17) is 9.57 Å². The van der Waals surface area contributed by atoms with E-state index in [1.165, 1.54) is 6.92 Å².